The van der Waals surface area contributed by atoms with Gasteiger partial charge in [0.05, 0.1) is 13.1 Å². The molecule has 11 nitrogen and oxygen atoms in total. The number of hydrogen-bond donors (Lipinski definition) is 2. The van der Waals surface area contributed by atoms with Crippen LogP contribution in [-0.4, -0.2) is 95.8 Å². The normalized spacial score (nSPS) is 18.7. The number of carbonyl (C=O) groups is 4. The summed E-state index contributed by atoms with van der Waals surface area (Å²) in [6.07, 6.45) is 2.37. The van der Waals surface area contributed by atoms with Crippen LogP contribution in [0.15, 0.2) is 67.3 Å². The van der Waals surface area contributed by atoms with Gasteiger partial charge in [-0.05, 0) is 48.9 Å². The molecule has 2 aromatic carbocycles. The van der Waals surface area contributed by atoms with E-state index in [1.54, 1.807) is 29.1 Å². The van der Waals surface area contributed by atoms with Crippen molar-refractivity contribution in [2.24, 2.45) is 0 Å². The third kappa shape index (κ3) is 8.31. The number of benzene rings is 2. The van der Waals surface area contributed by atoms with E-state index in [-0.39, 0.29) is 50.4 Å². The Morgan fingerprint density at radius 1 is 1.05 bits per heavy atom. The number of piperazine rings is 1. The summed E-state index contributed by atoms with van der Waals surface area (Å²) in [5.74, 6) is -0.798. The number of halogens is 1. The van der Waals surface area contributed by atoms with Crippen LogP contribution >= 0.6 is 0 Å². The number of carbonyl (C=O) groups excluding carboxylic acids is 4. The number of likely N-dealkylation sites (N-methyl/N-ethyl adjacent to an activating group) is 1. The van der Waals surface area contributed by atoms with Crippen molar-refractivity contribution in [2.45, 2.75) is 44.4 Å². The van der Waals surface area contributed by atoms with Gasteiger partial charge in [0.25, 0.3) is 0 Å². The molecule has 0 unspecified atom stereocenters. The number of urea groups is 1. The molecule has 0 bridgehead atoms. The first-order valence-corrected chi connectivity index (χ1v) is 14.5. The summed E-state index contributed by atoms with van der Waals surface area (Å²) in [5.41, 5.74) is 1.88. The fourth-order valence-corrected chi connectivity index (χ4v) is 5.43. The van der Waals surface area contributed by atoms with Gasteiger partial charge in [0.15, 0.2) is 0 Å². The minimum Gasteiger partial charge on any atom is -0.445 e. The average molecular weight is 595 g/mol. The highest BCUT2D eigenvalue weighted by atomic mass is 19.1. The van der Waals surface area contributed by atoms with Crippen molar-refractivity contribution in [3.05, 3.63) is 84.2 Å². The number of nitrogens with one attached hydrogen (secondary N) is 2. The molecule has 2 fully saturated rings. The Morgan fingerprint density at radius 2 is 1.79 bits per heavy atom. The maximum absolute atomic E-state index is 13.8. The molecule has 4 rings (SSSR count). The van der Waals surface area contributed by atoms with Crippen LogP contribution in [0.25, 0.3) is 0 Å². The second-order valence-corrected chi connectivity index (χ2v) is 10.6. The summed E-state index contributed by atoms with van der Waals surface area (Å²) >= 11 is 0. The minimum absolute atomic E-state index is 0.0790. The maximum Gasteiger partial charge on any atom is 0.407 e. The van der Waals surface area contributed by atoms with E-state index < -0.39 is 24.3 Å². The molecule has 2 aliphatic rings. The van der Waals surface area contributed by atoms with Crippen molar-refractivity contribution in [1.29, 1.82) is 0 Å². The van der Waals surface area contributed by atoms with E-state index >= 15 is 0 Å². The van der Waals surface area contributed by atoms with Crippen LogP contribution < -0.4 is 10.6 Å². The molecular formula is C31H39FN6O5. The zero-order valence-electron chi connectivity index (χ0n) is 24.4. The van der Waals surface area contributed by atoms with E-state index in [9.17, 15) is 23.6 Å². The van der Waals surface area contributed by atoms with E-state index in [2.05, 4.69) is 17.2 Å². The lowest BCUT2D eigenvalue weighted by molar-refractivity contribution is -0.187. The van der Waals surface area contributed by atoms with E-state index in [1.807, 2.05) is 30.3 Å². The SMILES string of the molecule is C=CCOC(=O)NCCC[C@H]1C(=O)N(CCCc2ccccc2)C[C@H]2N1C(=O)CN(C)N2C(=O)NCc1ccc(F)cc1. The van der Waals surface area contributed by atoms with Crippen LogP contribution in [0.2, 0.25) is 0 Å². The first-order valence-electron chi connectivity index (χ1n) is 14.5. The third-order valence-electron chi connectivity index (χ3n) is 7.50. The Kier molecular flexibility index (Phi) is 11.1. The van der Waals surface area contributed by atoms with E-state index in [1.165, 1.54) is 28.1 Å². The summed E-state index contributed by atoms with van der Waals surface area (Å²) in [6.45, 7) is 4.56. The van der Waals surface area contributed by atoms with Crippen molar-refractivity contribution < 1.29 is 28.3 Å². The average Bonchev–Trinajstić information content (AvgIpc) is 2.99. The van der Waals surface area contributed by atoms with Gasteiger partial charge in [0.1, 0.15) is 24.6 Å². The Morgan fingerprint density at radius 3 is 2.51 bits per heavy atom. The van der Waals surface area contributed by atoms with Gasteiger partial charge < -0.3 is 25.2 Å². The van der Waals surface area contributed by atoms with Gasteiger partial charge in [-0.3, -0.25) is 9.59 Å². The second-order valence-electron chi connectivity index (χ2n) is 10.6. The number of fused-ring (bicyclic) bond motifs is 1. The monoisotopic (exact) mass is 594 g/mol. The minimum atomic E-state index is -0.796. The van der Waals surface area contributed by atoms with Gasteiger partial charge >= 0.3 is 12.1 Å². The smallest absolute Gasteiger partial charge is 0.407 e. The largest absolute Gasteiger partial charge is 0.445 e. The van der Waals surface area contributed by atoms with Crippen LogP contribution in [0.5, 0.6) is 0 Å². The van der Waals surface area contributed by atoms with Gasteiger partial charge in [0, 0.05) is 26.7 Å². The molecule has 2 aliphatic heterocycles. The zero-order valence-corrected chi connectivity index (χ0v) is 24.4. The number of amides is 5. The van der Waals surface area contributed by atoms with Crippen LogP contribution in [0, 0.1) is 5.82 Å². The zero-order chi connectivity index (χ0) is 30.8. The molecule has 0 spiro atoms. The summed E-state index contributed by atoms with van der Waals surface area (Å²) in [4.78, 5) is 55.7. The molecule has 2 N–H and O–H groups in total. The lowest BCUT2D eigenvalue weighted by Gasteiger charge is -2.54. The van der Waals surface area contributed by atoms with Gasteiger partial charge in [0.2, 0.25) is 11.8 Å². The highest BCUT2D eigenvalue weighted by Crippen LogP contribution is 2.28. The molecule has 0 aliphatic carbocycles. The number of aryl methyl sites for hydroxylation is 1. The Bertz CT molecular complexity index is 1280. The second kappa shape index (κ2) is 15.1. The molecule has 2 aromatic rings. The molecule has 2 heterocycles. The van der Waals surface area contributed by atoms with Crippen molar-refractivity contribution >= 4 is 23.9 Å². The Balaban J connectivity index is 1.49. The first-order chi connectivity index (χ1) is 20.8. The van der Waals surface area contributed by atoms with E-state index in [0.29, 0.717) is 25.8 Å². The molecule has 5 amide bonds. The molecule has 0 saturated carbocycles. The molecule has 0 aromatic heterocycles. The number of hydrazine groups is 1. The summed E-state index contributed by atoms with van der Waals surface area (Å²) in [5, 5.41) is 8.56. The summed E-state index contributed by atoms with van der Waals surface area (Å²) < 4.78 is 18.3. The number of rotatable bonds is 12. The van der Waals surface area contributed by atoms with Crippen LogP contribution in [0.3, 0.4) is 0 Å². The lowest BCUT2D eigenvalue weighted by Crippen LogP contribution is -2.76. The standard InChI is InChI=1S/C31H39FN6O5/c1-3-19-43-31(42)33-17-7-12-26-29(40)36(18-8-11-23-9-5-4-6-10-23)21-27-37(26)28(39)22-35(2)38(27)30(41)34-20-24-13-15-25(32)16-14-24/h3-6,9-10,13-16,26-27H,1,7-8,11-12,17-22H2,2H3,(H,33,42)(H,34,41)/t26-,27-/m0/s1. The van der Waals surface area contributed by atoms with Crippen LogP contribution in [0.4, 0.5) is 14.0 Å². The highest BCUT2D eigenvalue weighted by molar-refractivity contribution is 5.91. The summed E-state index contributed by atoms with van der Waals surface area (Å²) in [6, 6.07) is 14.6. The highest BCUT2D eigenvalue weighted by Gasteiger charge is 2.50. The summed E-state index contributed by atoms with van der Waals surface area (Å²) in [7, 11) is 1.66. The van der Waals surface area contributed by atoms with Crippen molar-refractivity contribution in [1.82, 2.24) is 30.5 Å². The Hall–Kier alpha value is -4.45. The van der Waals surface area contributed by atoms with Crippen LogP contribution in [-0.2, 0) is 27.3 Å². The molecule has 2 atom stereocenters. The molecule has 230 valence electrons. The number of nitrogens with zero attached hydrogens (tertiary/aromatic N) is 4. The number of ether oxygens (including phenoxy) is 1. The van der Waals surface area contributed by atoms with Gasteiger partial charge in [-0.1, -0.05) is 55.1 Å². The predicted octanol–water partition coefficient (Wildman–Crippen LogP) is 2.89. The van der Waals surface area contributed by atoms with Crippen molar-refractivity contribution in [3.63, 3.8) is 0 Å². The topological polar surface area (TPSA) is 115 Å². The number of alkyl carbamates (subject to hydrolysis) is 1. The quantitative estimate of drug-likeness (QED) is 0.289. The van der Waals surface area contributed by atoms with Crippen molar-refractivity contribution in [3.8, 4) is 0 Å². The molecule has 0 radical (unpaired) electrons. The van der Waals surface area contributed by atoms with Crippen LogP contribution in [0.1, 0.15) is 30.4 Å². The predicted molar refractivity (Wildman–Crippen MR) is 158 cm³/mol. The first kappa shape index (κ1) is 31.5. The fraction of sp³-hybridized carbons (Fsp3) is 0.419. The fourth-order valence-electron chi connectivity index (χ4n) is 5.43. The van der Waals surface area contributed by atoms with Gasteiger partial charge in [-0.25, -0.2) is 24.0 Å². The van der Waals surface area contributed by atoms with Gasteiger partial charge in [-0.2, -0.15) is 0 Å². The van der Waals surface area contributed by atoms with Gasteiger partial charge in [-0.15, -0.1) is 0 Å². The maximum atomic E-state index is 13.8. The van der Waals surface area contributed by atoms with E-state index in [0.717, 1.165) is 17.5 Å². The number of hydrogen-bond acceptors (Lipinski definition) is 6. The molecule has 12 heteroatoms. The molecule has 2 saturated heterocycles. The lowest BCUT2D eigenvalue weighted by atomic mass is 10.0. The van der Waals surface area contributed by atoms with Crippen molar-refractivity contribution in [2.75, 3.05) is 39.8 Å². The third-order valence-corrected chi connectivity index (χ3v) is 7.50. The molecule has 43 heavy (non-hydrogen) atoms. The Labute approximate surface area is 251 Å². The molecular weight excluding hydrogens is 555 g/mol. The van der Waals surface area contributed by atoms with E-state index in [4.69, 9.17) is 4.74 Å².